The molecule has 0 fully saturated rings. The quantitative estimate of drug-likeness (QED) is 0.645. The van der Waals surface area contributed by atoms with Crippen LogP contribution in [0.25, 0.3) is 0 Å². The summed E-state index contributed by atoms with van der Waals surface area (Å²) in [6.45, 7) is 2.78. The standard InChI is InChI=1S/C10H13BrOS/c1-8-3-4-9(11)7-10(8)12-5-2-6-13/h3-4,7,13H,2,5-6H2,1H3. The molecule has 0 amide bonds. The normalized spacial score (nSPS) is 10.1. The van der Waals surface area contributed by atoms with Gasteiger partial charge < -0.3 is 4.74 Å². The molecule has 0 N–H and O–H groups in total. The van der Waals surface area contributed by atoms with E-state index in [1.54, 1.807) is 0 Å². The number of hydrogen-bond acceptors (Lipinski definition) is 2. The van der Waals surface area contributed by atoms with E-state index in [0.717, 1.165) is 29.0 Å². The highest BCUT2D eigenvalue weighted by atomic mass is 79.9. The number of rotatable bonds is 4. The summed E-state index contributed by atoms with van der Waals surface area (Å²) in [5.41, 5.74) is 1.17. The maximum atomic E-state index is 5.58. The van der Waals surface area contributed by atoms with Crippen LogP contribution in [0.5, 0.6) is 5.75 Å². The number of ether oxygens (including phenoxy) is 1. The third kappa shape index (κ3) is 3.61. The lowest BCUT2D eigenvalue weighted by Gasteiger charge is -2.08. The Labute approximate surface area is 93.0 Å². The molecule has 0 radical (unpaired) electrons. The lowest BCUT2D eigenvalue weighted by atomic mass is 10.2. The fraction of sp³-hybridized carbons (Fsp3) is 0.400. The zero-order chi connectivity index (χ0) is 9.68. The van der Waals surface area contributed by atoms with Crippen molar-refractivity contribution in [3.8, 4) is 5.75 Å². The van der Waals surface area contributed by atoms with E-state index in [1.165, 1.54) is 5.56 Å². The topological polar surface area (TPSA) is 9.23 Å². The highest BCUT2D eigenvalue weighted by Crippen LogP contribution is 2.22. The molecule has 0 atom stereocenters. The minimum atomic E-state index is 0.737. The highest BCUT2D eigenvalue weighted by Gasteiger charge is 1.99. The van der Waals surface area contributed by atoms with Gasteiger partial charge in [-0.1, -0.05) is 22.0 Å². The summed E-state index contributed by atoms with van der Waals surface area (Å²) in [5, 5.41) is 0. The van der Waals surface area contributed by atoms with Gasteiger partial charge in [0.1, 0.15) is 5.75 Å². The Morgan fingerprint density at radius 3 is 2.92 bits per heavy atom. The predicted octanol–water partition coefficient (Wildman–Crippen LogP) is 3.46. The van der Waals surface area contributed by atoms with E-state index in [9.17, 15) is 0 Å². The summed E-state index contributed by atoms with van der Waals surface area (Å²) < 4.78 is 6.63. The molecule has 0 heterocycles. The number of benzene rings is 1. The Balaban J connectivity index is 2.59. The van der Waals surface area contributed by atoms with Gasteiger partial charge in [-0.2, -0.15) is 12.6 Å². The molecule has 13 heavy (non-hydrogen) atoms. The van der Waals surface area contributed by atoms with Crippen molar-refractivity contribution < 1.29 is 4.74 Å². The van der Waals surface area contributed by atoms with E-state index < -0.39 is 0 Å². The van der Waals surface area contributed by atoms with Gasteiger partial charge in [-0.05, 0) is 36.8 Å². The average Bonchev–Trinajstić information content (AvgIpc) is 2.11. The molecule has 0 aliphatic carbocycles. The zero-order valence-corrected chi connectivity index (χ0v) is 10.1. The third-order valence-electron chi connectivity index (χ3n) is 1.71. The summed E-state index contributed by atoms with van der Waals surface area (Å²) in [4.78, 5) is 0. The second-order valence-electron chi connectivity index (χ2n) is 2.84. The molecule has 0 saturated carbocycles. The fourth-order valence-corrected chi connectivity index (χ4v) is 1.45. The Morgan fingerprint density at radius 2 is 2.23 bits per heavy atom. The van der Waals surface area contributed by atoms with Crippen molar-refractivity contribution >= 4 is 28.6 Å². The largest absolute Gasteiger partial charge is 0.493 e. The van der Waals surface area contributed by atoms with E-state index in [-0.39, 0.29) is 0 Å². The molecule has 72 valence electrons. The monoisotopic (exact) mass is 260 g/mol. The zero-order valence-electron chi connectivity index (χ0n) is 7.59. The first-order valence-electron chi connectivity index (χ1n) is 4.24. The van der Waals surface area contributed by atoms with Crippen molar-refractivity contribution in [3.05, 3.63) is 28.2 Å². The predicted molar refractivity (Wildman–Crippen MR) is 62.8 cm³/mol. The first-order valence-corrected chi connectivity index (χ1v) is 5.66. The average molecular weight is 261 g/mol. The van der Waals surface area contributed by atoms with E-state index in [2.05, 4.69) is 28.6 Å². The second kappa shape index (κ2) is 5.55. The molecule has 0 spiro atoms. The van der Waals surface area contributed by atoms with Crippen LogP contribution in [0.1, 0.15) is 12.0 Å². The lowest BCUT2D eigenvalue weighted by Crippen LogP contribution is -1.99. The summed E-state index contributed by atoms with van der Waals surface area (Å²) in [7, 11) is 0. The van der Waals surface area contributed by atoms with Crippen molar-refractivity contribution in [2.75, 3.05) is 12.4 Å². The van der Waals surface area contributed by atoms with E-state index in [1.807, 2.05) is 25.1 Å². The van der Waals surface area contributed by atoms with Gasteiger partial charge in [-0.25, -0.2) is 0 Å². The molecule has 0 bridgehead atoms. The minimum Gasteiger partial charge on any atom is -0.493 e. The Bertz CT molecular complexity index is 276. The third-order valence-corrected chi connectivity index (χ3v) is 2.52. The van der Waals surface area contributed by atoms with Crippen LogP contribution in [0, 0.1) is 6.92 Å². The van der Waals surface area contributed by atoms with Gasteiger partial charge in [0.05, 0.1) is 6.61 Å². The van der Waals surface area contributed by atoms with Gasteiger partial charge in [0.2, 0.25) is 0 Å². The van der Waals surface area contributed by atoms with Gasteiger partial charge in [0, 0.05) is 4.47 Å². The number of aryl methyl sites for hydroxylation is 1. The molecule has 3 heteroatoms. The van der Waals surface area contributed by atoms with Crippen LogP contribution in [0.4, 0.5) is 0 Å². The smallest absolute Gasteiger partial charge is 0.123 e. The molecule has 1 rings (SSSR count). The van der Waals surface area contributed by atoms with Crippen molar-refractivity contribution in [2.45, 2.75) is 13.3 Å². The highest BCUT2D eigenvalue weighted by molar-refractivity contribution is 9.10. The van der Waals surface area contributed by atoms with Gasteiger partial charge in [0.25, 0.3) is 0 Å². The molecule has 1 nitrogen and oxygen atoms in total. The van der Waals surface area contributed by atoms with Crippen LogP contribution >= 0.6 is 28.6 Å². The van der Waals surface area contributed by atoms with Crippen molar-refractivity contribution in [1.29, 1.82) is 0 Å². The second-order valence-corrected chi connectivity index (χ2v) is 4.20. The Kier molecular flexibility index (Phi) is 4.67. The number of thiol groups is 1. The van der Waals surface area contributed by atoms with Crippen LogP contribution in [0.15, 0.2) is 22.7 Å². The number of halogens is 1. The first kappa shape index (κ1) is 10.9. The lowest BCUT2D eigenvalue weighted by molar-refractivity contribution is 0.316. The maximum Gasteiger partial charge on any atom is 0.123 e. The van der Waals surface area contributed by atoms with Crippen molar-refractivity contribution in [3.63, 3.8) is 0 Å². The first-order chi connectivity index (χ1) is 6.24. The maximum absolute atomic E-state index is 5.58. The molecule has 1 aromatic carbocycles. The summed E-state index contributed by atoms with van der Waals surface area (Å²) in [6.07, 6.45) is 0.981. The van der Waals surface area contributed by atoms with Gasteiger partial charge in [0.15, 0.2) is 0 Å². The van der Waals surface area contributed by atoms with E-state index >= 15 is 0 Å². The van der Waals surface area contributed by atoms with Crippen molar-refractivity contribution in [1.82, 2.24) is 0 Å². The summed E-state index contributed by atoms with van der Waals surface area (Å²) in [5.74, 6) is 1.82. The van der Waals surface area contributed by atoms with Crippen LogP contribution < -0.4 is 4.74 Å². The van der Waals surface area contributed by atoms with E-state index in [0.29, 0.717) is 0 Å². The molecule has 0 aliphatic rings. The van der Waals surface area contributed by atoms with Crippen LogP contribution in [0.2, 0.25) is 0 Å². The van der Waals surface area contributed by atoms with E-state index in [4.69, 9.17) is 4.74 Å². The molecule has 0 aliphatic heterocycles. The summed E-state index contributed by atoms with van der Waals surface area (Å²) >= 11 is 7.53. The Hall–Kier alpha value is -0.150. The molecule has 0 aromatic heterocycles. The minimum absolute atomic E-state index is 0.737. The van der Waals surface area contributed by atoms with Crippen LogP contribution in [-0.2, 0) is 0 Å². The van der Waals surface area contributed by atoms with Crippen molar-refractivity contribution in [2.24, 2.45) is 0 Å². The molecular weight excluding hydrogens is 248 g/mol. The summed E-state index contributed by atoms with van der Waals surface area (Å²) in [6, 6.07) is 6.05. The molecule has 1 aromatic rings. The van der Waals surface area contributed by atoms with Crippen LogP contribution in [0.3, 0.4) is 0 Å². The molecule has 0 unspecified atom stereocenters. The molecule has 0 saturated heterocycles. The van der Waals surface area contributed by atoms with Gasteiger partial charge in [-0.3, -0.25) is 0 Å². The number of hydrogen-bond donors (Lipinski definition) is 1. The molecular formula is C10H13BrOS. The van der Waals surface area contributed by atoms with Crippen LogP contribution in [-0.4, -0.2) is 12.4 Å². The van der Waals surface area contributed by atoms with Gasteiger partial charge in [-0.15, -0.1) is 0 Å². The fourth-order valence-electron chi connectivity index (χ4n) is 0.976. The van der Waals surface area contributed by atoms with Gasteiger partial charge >= 0.3 is 0 Å². The Morgan fingerprint density at radius 1 is 1.46 bits per heavy atom. The SMILES string of the molecule is Cc1ccc(Br)cc1OCCCS.